The molecular formula is C23H18ClNO3. The summed E-state index contributed by atoms with van der Waals surface area (Å²) < 4.78 is 7.28. The lowest BCUT2D eigenvalue weighted by atomic mass is 10.1. The van der Waals surface area contributed by atoms with Crippen LogP contribution < -0.4 is 0 Å². The summed E-state index contributed by atoms with van der Waals surface area (Å²) in [5.41, 5.74) is 2.25. The molecule has 0 aliphatic heterocycles. The molecule has 2 aromatic carbocycles. The summed E-state index contributed by atoms with van der Waals surface area (Å²) in [6, 6.07) is 15.0. The summed E-state index contributed by atoms with van der Waals surface area (Å²) in [6.07, 6.45) is 6.62. The second kappa shape index (κ2) is 7.49. The molecule has 1 heterocycles. The molecule has 0 radical (unpaired) electrons. The van der Waals surface area contributed by atoms with E-state index in [-0.39, 0.29) is 18.4 Å². The number of aromatic nitrogens is 1. The largest absolute Gasteiger partial charge is 0.461 e. The van der Waals surface area contributed by atoms with Crippen LogP contribution in [0.5, 0.6) is 0 Å². The fourth-order valence-corrected chi connectivity index (χ4v) is 3.74. The number of hydrogen-bond acceptors (Lipinski definition) is 3. The zero-order chi connectivity index (χ0) is 19.7. The van der Waals surface area contributed by atoms with Gasteiger partial charge in [-0.25, -0.2) is 4.79 Å². The van der Waals surface area contributed by atoms with Crippen molar-refractivity contribution in [3.8, 4) is 11.3 Å². The van der Waals surface area contributed by atoms with Gasteiger partial charge in [0.1, 0.15) is 5.69 Å². The molecule has 1 aromatic heterocycles. The Morgan fingerprint density at radius 2 is 1.79 bits per heavy atom. The molecule has 140 valence electrons. The molecule has 0 N–H and O–H groups in total. The normalized spacial score (nSPS) is 14.0. The summed E-state index contributed by atoms with van der Waals surface area (Å²) in [7, 11) is 0. The number of rotatable bonds is 4. The molecule has 0 amide bonds. The van der Waals surface area contributed by atoms with Gasteiger partial charge in [0.15, 0.2) is 5.78 Å². The summed E-state index contributed by atoms with van der Waals surface area (Å²) in [6.45, 7) is 2.05. The molecule has 5 heteroatoms. The van der Waals surface area contributed by atoms with Crippen molar-refractivity contribution in [3.05, 3.63) is 83.6 Å². The zero-order valence-electron chi connectivity index (χ0n) is 15.3. The van der Waals surface area contributed by atoms with Crippen LogP contribution in [0.15, 0.2) is 72.8 Å². The van der Waals surface area contributed by atoms with E-state index in [0.717, 1.165) is 22.0 Å². The number of nitrogens with zero attached hydrogens (tertiary/aromatic N) is 1. The molecule has 0 saturated carbocycles. The van der Waals surface area contributed by atoms with Gasteiger partial charge in [0.2, 0.25) is 0 Å². The van der Waals surface area contributed by atoms with Gasteiger partial charge in [0, 0.05) is 15.8 Å². The molecular weight excluding hydrogens is 374 g/mol. The maximum atomic E-state index is 12.9. The third-order valence-electron chi connectivity index (χ3n) is 4.70. The molecule has 0 unspecified atom stereocenters. The molecule has 0 saturated heterocycles. The molecule has 0 spiro atoms. The zero-order valence-corrected chi connectivity index (χ0v) is 16.0. The molecule has 0 atom stereocenters. The Hall–Kier alpha value is -3.11. The average molecular weight is 392 g/mol. The first-order chi connectivity index (χ1) is 13.6. The van der Waals surface area contributed by atoms with Gasteiger partial charge in [-0.1, -0.05) is 60.2 Å². The summed E-state index contributed by atoms with van der Waals surface area (Å²) in [4.78, 5) is 24.6. The Labute approximate surface area is 167 Å². The van der Waals surface area contributed by atoms with Crippen LogP contribution in [0.3, 0.4) is 0 Å². The minimum Gasteiger partial charge on any atom is -0.461 e. The molecule has 0 bridgehead atoms. The Balaban J connectivity index is 2.09. The molecule has 0 fully saturated rings. The van der Waals surface area contributed by atoms with Crippen LogP contribution in [0.2, 0.25) is 5.02 Å². The van der Waals surface area contributed by atoms with Crippen LogP contribution in [-0.2, 0) is 9.53 Å². The second-order valence-corrected chi connectivity index (χ2v) is 6.89. The van der Waals surface area contributed by atoms with Crippen molar-refractivity contribution in [2.75, 3.05) is 6.61 Å². The number of carbonyl (C=O) groups excluding carboxylic acids is 2. The number of benzene rings is 2. The fourth-order valence-electron chi connectivity index (χ4n) is 3.57. The van der Waals surface area contributed by atoms with Crippen LogP contribution in [0.1, 0.15) is 23.5 Å². The van der Waals surface area contributed by atoms with E-state index in [0.29, 0.717) is 10.7 Å². The van der Waals surface area contributed by atoms with E-state index in [1.54, 1.807) is 25.1 Å². The summed E-state index contributed by atoms with van der Waals surface area (Å²) in [5, 5.41) is 2.21. The van der Waals surface area contributed by atoms with Gasteiger partial charge in [0.25, 0.3) is 0 Å². The Morgan fingerprint density at radius 3 is 2.46 bits per heavy atom. The molecule has 28 heavy (non-hydrogen) atoms. The number of ether oxygens (including phenoxy) is 1. The average Bonchev–Trinajstić information content (AvgIpc) is 3.03. The van der Waals surface area contributed by atoms with Crippen molar-refractivity contribution in [2.24, 2.45) is 0 Å². The van der Waals surface area contributed by atoms with E-state index in [1.807, 2.05) is 47.0 Å². The third kappa shape index (κ3) is 3.16. The van der Waals surface area contributed by atoms with E-state index in [2.05, 4.69) is 0 Å². The van der Waals surface area contributed by atoms with Gasteiger partial charge >= 0.3 is 5.97 Å². The highest BCUT2D eigenvalue weighted by molar-refractivity contribution is 6.31. The van der Waals surface area contributed by atoms with Crippen LogP contribution in [-0.4, -0.2) is 22.9 Å². The number of carbonyl (C=O) groups is 2. The van der Waals surface area contributed by atoms with Crippen molar-refractivity contribution in [3.63, 3.8) is 0 Å². The van der Waals surface area contributed by atoms with Crippen LogP contribution >= 0.6 is 11.6 Å². The maximum Gasteiger partial charge on any atom is 0.355 e. The number of hydrogen-bond donors (Lipinski definition) is 0. The lowest BCUT2D eigenvalue weighted by Gasteiger charge is -2.20. The van der Waals surface area contributed by atoms with E-state index in [1.165, 1.54) is 12.2 Å². The molecule has 4 rings (SSSR count). The fraction of sp³-hybridized carbons (Fsp3) is 0.130. The van der Waals surface area contributed by atoms with E-state index < -0.39 is 5.97 Å². The van der Waals surface area contributed by atoms with Crippen molar-refractivity contribution in [2.45, 2.75) is 13.0 Å². The predicted molar refractivity (Wildman–Crippen MR) is 111 cm³/mol. The monoisotopic (exact) mass is 391 g/mol. The first-order valence-electron chi connectivity index (χ1n) is 9.06. The van der Waals surface area contributed by atoms with Gasteiger partial charge in [-0.2, -0.15) is 0 Å². The van der Waals surface area contributed by atoms with Crippen LogP contribution in [0.4, 0.5) is 0 Å². The smallest absolute Gasteiger partial charge is 0.355 e. The molecule has 1 aliphatic carbocycles. The SMILES string of the molecule is CCOC(=O)c1c2ccc(Cl)cc2c(-c2ccccc2)n1C1C=CC(=O)C=C1. The lowest BCUT2D eigenvalue weighted by molar-refractivity contribution is -0.110. The molecule has 3 aromatic rings. The highest BCUT2D eigenvalue weighted by Crippen LogP contribution is 2.39. The Morgan fingerprint density at radius 1 is 1.07 bits per heavy atom. The standard InChI is InChI=1S/C23H18ClNO3/c1-2-28-23(27)22-19-13-8-16(24)14-20(19)21(15-6-4-3-5-7-15)25(22)17-9-11-18(26)12-10-17/h3-14,17H,2H2,1H3. The number of halogens is 1. The van der Waals surface area contributed by atoms with Crippen molar-refractivity contribution in [1.82, 2.24) is 4.57 Å². The molecule has 1 aliphatic rings. The molecule has 4 nitrogen and oxygen atoms in total. The second-order valence-electron chi connectivity index (χ2n) is 6.45. The minimum absolute atomic E-state index is 0.0741. The number of ketones is 1. The topological polar surface area (TPSA) is 48.3 Å². The van der Waals surface area contributed by atoms with Crippen LogP contribution in [0, 0.1) is 0 Å². The van der Waals surface area contributed by atoms with Gasteiger partial charge in [-0.05, 0) is 36.8 Å². The highest BCUT2D eigenvalue weighted by Gasteiger charge is 2.27. The number of allylic oxidation sites excluding steroid dienone is 4. The van der Waals surface area contributed by atoms with Crippen molar-refractivity contribution < 1.29 is 14.3 Å². The highest BCUT2D eigenvalue weighted by atomic mass is 35.5. The quantitative estimate of drug-likeness (QED) is 0.561. The third-order valence-corrected chi connectivity index (χ3v) is 4.94. The lowest BCUT2D eigenvalue weighted by Crippen LogP contribution is -2.17. The van der Waals surface area contributed by atoms with E-state index >= 15 is 0 Å². The first-order valence-corrected chi connectivity index (χ1v) is 9.44. The van der Waals surface area contributed by atoms with Crippen molar-refractivity contribution >= 4 is 34.1 Å². The Kier molecular flexibility index (Phi) is 4.88. The van der Waals surface area contributed by atoms with Gasteiger partial charge in [0.05, 0.1) is 18.3 Å². The van der Waals surface area contributed by atoms with E-state index in [9.17, 15) is 9.59 Å². The van der Waals surface area contributed by atoms with Gasteiger partial charge in [-0.15, -0.1) is 0 Å². The minimum atomic E-state index is -0.407. The maximum absolute atomic E-state index is 12.9. The predicted octanol–water partition coefficient (Wildman–Crippen LogP) is 5.37. The Bertz CT molecular complexity index is 1110. The number of esters is 1. The van der Waals surface area contributed by atoms with Crippen LogP contribution in [0.25, 0.3) is 22.0 Å². The van der Waals surface area contributed by atoms with Gasteiger partial charge in [-0.3, -0.25) is 4.79 Å². The number of fused-ring (bicyclic) bond motifs is 1. The van der Waals surface area contributed by atoms with E-state index in [4.69, 9.17) is 16.3 Å². The summed E-state index contributed by atoms with van der Waals surface area (Å²) in [5.74, 6) is -0.481. The first kappa shape index (κ1) is 18.3. The summed E-state index contributed by atoms with van der Waals surface area (Å²) >= 11 is 6.29. The van der Waals surface area contributed by atoms with Crippen molar-refractivity contribution in [1.29, 1.82) is 0 Å². The van der Waals surface area contributed by atoms with Gasteiger partial charge < -0.3 is 9.30 Å².